The number of anilines is 1. The molecule has 0 saturated carbocycles. The van der Waals surface area contributed by atoms with Crippen molar-refractivity contribution in [1.82, 2.24) is 0 Å². The lowest BCUT2D eigenvalue weighted by Crippen LogP contribution is -2.00. The maximum absolute atomic E-state index is 11.5. The lowest BCUT2D eigenvalue weighted by atomic mass is 10.1. The number of para-hydroxylation sites is 1. The second kappa shape index (κ2) is 5.07. The number of nitrogens with two attached hydrogens (primary N) is 1. The molecule has 0 bridgehead atoms. The van der Waals surface area contributed by atoms with E-state index < -0.39 is 10.9 Å². The topological polar surface area (TPSA) is 95.5 Å². The highest BCUT2D eigenvalue weighted by Gasteiger charge is 2.20. The summed E-state index contributed by atoms with van der Waals surface area (Å²) in [5.41, 5.74) is 6.38. The molecule has 1 aromatic heterocycles. The van der Waals surface area contributed by atoms with Crippen LogP contribution in [0.15, 0.2) is 30.3 Å². The highest BCUT2D eigenvalue weighted by Crippen LogP contribution is 2.38. The van der Waals surface area contributed by atoms with Crippen molar-refractivity contribution >= 4 is 28.7 Å². The van der Waals surface area contributed by atoms with Crippen molar-refractivity contribution in [1.29, 1.82) is 0 Å². The number of carbonyl (C=O) groups is 1. The lowest BCUT2D eigenvalue weighted by molar-refractivity contribution is -0.384. The summed E-state index contributed by atoms with van der Waals surface area (Å²) >= 11 is 1.07. The minimum atomic E-state index is -0.549. The molecule has 0 aliphatic rings. The summed E-state index contributed by atoms with van der Waals surface area (Å²) < 4.78 is 4.60. The number of nitro benzene ring substituents is 1. The van der Waals surface area contributed by atoms with E-state index in [-0.39, 0.29) is 16.3 Å². The third kappa shape index (κ3) is 2.41. The lowest BCUT2D eigenvalue weighted by Gasteiger charge is -1.98. The molecule has 6 nitrogen and oxygen atoms in total. The Morgan fingerprint density at radius 3 is 2.74 bits per heavy atom. The van der Waals surface area contributed by atoms with Crippen LogP contribution < -0.4 is 5.73 Å². The van der Waals surface area contributed by atoms with Gasteiger partial charge in [-0.2, -0.15) is 0 Å². The largest absolute Gasteiger partial charge is 0.465 e. The summed E-state index contributed by atoms with van der Waals surface area (Å²) in [5.74, 6) is -0.549. The fraction of sp³-hybridized carbons (Fsp3) is 0.0833. The molecule has 0 atom stereocenters. The average molecular weight is 278 g/mol. The van der Waals surface area contributed by atoms with Crippen molar-refractivity contribution in [2.45, 2.75) is 0 Å². The number of carbonyl (C=O) groups excluding carboxylic acids is 1. The molecule has 19 heavy (non-hydrogen) atoms. The summed E-state index contributed by atoms with van der Waals surface area (Å²) in [6, 6.07) is 7.84. The summed E-state index contributed by atoms with van der Waals surface area (Å²) in [7, 11) is 1.26. The Labute approximate surface area is 112 Å². The quantitative estimate of drug-likeness (QED) is 0.529. The van der Waals surface area contributed by atoms with E-state index in [2.05, 4.69) is 4.74 Å². The van der Waals surface area contributed by atoms with Crippen LogP contribution in [0.1, 0.15) is 9.67 Å². The van der Waals surface area contributed by atoms with Gasteiger partial charge < -0.3 is 10.5 Å². The number of hydrogen-bond donors (Lipinski definition) is 1. The smallest absolute Gasteiger partial charge is 0.350 e. The highest BCUT2D eigenvalue weighted by molar-refractivity contribution is 7.18. The van der Waals surface area contributed by atoms with E-state index in [1.807, 2.05) is 0 Å². The minimum absolute atomic E-state index is 0.0276. The minimum Gasteiger partial charge on any atom is -0.465 e. The van der Waals surface area contributed by atoms with Gasteiger partial charge in [0.25, 0.3) is 5.69 Å². The van der Waals surface area contributed by atoms with Crippen LogP contribution in [0.3, 0.4) is 0 Å². The first-order valence-corrected chi connectivity index (χ1v) is 6.07. The summed E-state index contributed by atoms with van der Waals surface area (Å²) in [6.07, 6.45) is 0. The maximum Gasteiger partial charge on any atom is 0.350 e. The summed E-state index contributed by atoms with van der Waals surface area (Å²) in [6.45, 7) is 0. The van der Waals surface area contributed by atoms with Crippen LogP contribution in [0.4, 0.5) is 11.4 Å². The van der Waals surface area contributed by atoms with Gasteiger partial charge in [-0.05, 0) is 12.1 Å². The predicted molar refractivity (Wildman–Crippen MR) is 72.2 cm³/mol. The number of nitrogen functional groups attached to an aromatic ring is 1. The van der Waals surface area contributed by atoms with Gasteiger partial charge in [-0.25, -0.2) is 4.79 Å². The number of benzene rings is 1. The molecule has 0 spiro atoms. The van der Waals surface area contributed by atoms with Gasteiger partial charge in [0.2, 0.25) is 0 Å². The number of hydrogen-bond acceptors (Lipinski definition) is 6. The van der Waals surface area contributed by atoms with Gasteiger partial charge in [0, 0.05) is 10.9 Å². The van der Waals surface area contributed by atoms with Crippen molar-refractivity contribution in [3.8, 4) is 10.4 Å². The van der Waals surface area contributed by atoms with E-state index in [9.17, 15) is 14.9 Å². The fourth-order valence-electron chi connectivity index (χ4n) is 1.63. The number of thiophene rings is 1. The molecule has 0 unspecified atom stereocenters. The Balaban J connectivity index is 2.55. The number of ether oxygens (including phenoxy) is 1. The fourth-order valence-corrected chi connectivity index (χ4v) is 2.66. The van der Waals surface area contributed by atoms with Gasteiger partial charge in [0.05, 0.1) is 23.3 Å². The molecular formula is C12H10N2O4S. The van der Waals surface area contributed by atoms with Crippen LogP contribution in [0.25, 0.3) is 10.4 Å². The Morgan fingerprint density at radius 2 is 2.11 bits per heavy atom. The first kappa shape index (κ1) is 13.0. The second-order valence-corrected chi connectivity index (χ2v) is 4.71. The van der Waals surface area contributed by atoms with Crippen molar-refractivity contribution in [2.24, 2.45) is 0 Å². The van der Waals surface area contributed by atoms with E-state index in [0.29, 0.717) is 10.4 Å². The van der Waals surface area contributed by atoms with Crippen molar-refractivity contribution < 1.29 is 14.5 Å². The van der Waals surface area contributed by atoms with Gasteiger partial charge >= 0.3 is 5.97 Å². The molecule has 0 aliphatic carbocycles. The van der Waals surface area contributed by atoms with Gasteiger partial charge in [-0.3, -0.25) is 10.1 Å². The average Bonchev–Trinajstić information content (AvgIpc) is 2.79. The molecule has 0 fully saturated rings. The van der Waals surface area contributed by atoms with E-state index in [4.69, 9.17) is 5.73 Å². The number of rotatable bonds is 3. The Hall–Kier alpha value is -2.41. The summed E-state index contributed by atoms with van der Waals surface area (Å²) in [4.78, 5) is 22.8. The van der Waals surface area contributed by atoms with Gasteiger partial charge in [-0.15, -0.1) is 11.3 Å². The molecule has 0 amide bonds. The second-order valence-electron chi connectivity index (χ2n) is 3.66. The maximum atomic E-state index is 11.5. The molecule has 7 heteroatoms. The van der Waals surface area contributed by atoms with Crippen LogP contribution in [0.2, 0.25) is 0 Å². The monoisotopic (exact) mass is 278 g/mol. The number of nitro groups is 1. The third-order valence-corrected chi connectivity index (χ3v) is 3.66. The van der Waals surface area contributed by atoms with Crippen molar-refractivity contribution in [3.63, 3.8) is 0 Å². The van der Waals surface area contributed by atoms with Gasteiger partial charge in [-0.1, -0.05) is 12.1 Å². The van der Waals surface area contributed by atoms with Crippen LogP contribution in [0, 0.1) is 10.1 Å². The SMILES string of the molecule is COC(=O)c1sc(-c2ccccc2[N+](=O)[O-])cc1N. The molecule has 0 radical (unpaired) electrons. The van der Waals surface area contributed by atoms with Crippen molar-refractivity contribution in [3.05, 3.63) is 45.3 Å². The van der Waals surface area contributed by atoms with E-state index in [0.717, 1.165) is 11.3 Å². The standard InChI is InChI=1S/C12H10N2O4S/c1-18-12(15)11-8(13)6-10(19-11)7-4-2-3-5-9(7)14(16)17/h2-6H,13H2,1H3. The molecule has 0 aliphatic heterocycles. The first-order valence-electron chi connectivity index (χ1n) is 5.26. The Bertz CT molecular complexity index is 651. The normalized spacial score (nSPS) is 10.2. The number of methoxy groups -OCH3 is 1. The van der Waals surface area contributed by atoms with E-state index in [1.54, 1.807) is 24.3 Å². The van der Waals surface area contributed by atoms with Gasteiger partial charge in [0.1, 0.15) is 4.88 Å². The summed E-state index contributed by atoms with van der Waals surface area (Å²) in [5, 5.41) is 11.0. The molecule has 2 rings (SSSR count). The molecule has 0 saturated heterocycles. The number of nitrogens with zero attached hydrogens (tertiary/aromatic N) is 1. The van der Waals surface area contributed by atoms with Crippen LogP contribution in [-0.4, -0.2) is 18.0 Å². The zero-order valence-corrected chi connectivity index (χ0v) is 10.8. The van der Waals surface area contributed by atoms with Crippen molar-refractivity contribution in [2.75, 3.05) is 12.8 Å². The van der Waals surface area contributed by atoms with Crippen LogP contribution in [-0.2, 0) is 4.74 Å². The third-order valence-electron chi connectivity index (χ3n) is 2.50. The highest BCUT2D eigenvalue weighted by atomic mass is 32.1. The molecule has 1 heterocycles. The predicted octanol–water partition coefficient (Wildman–Crippen LogP) is 2.69. The zero-order valence-electron chi connectivity index (χ0n) is 9.95. The van der Waals surface area contributed by atoms with E-state index >= 15 is 0 Å². The Kier molecular flexibility index (Phi) is 3.48. The molecule has 2 aromatic rings. The molecule has 1 aromatic carbocycles. The van der Waals surface area contributed by atoms with Gasteiger partial charge in [0.15, 0.2) is 0 Å². The Morgan fingerprint density at radius 1 is 1.42 bits per heavy atom. The molecule has 2 N–H and O–H groups in total. The van der Waals surface area contributed by atoms with E-state index in [1.165, 1.54) is 13.2 Å². The first-order chi connectivity index (χ1) is 9.04. The van der Waals surface area contributed by atoms with Crippen LogP contribution in [0.5, 0.6) is 0 Å². The van der Waals surface area contributed by atoms with Crippen LogP contribution >= 0.6 is 11.3 Å². The number of esters is 1. The molecular weight excluding hydrogens is 268 g/mol. The zero-order chi connectivity index (χ0) is 14.0. The molecule has 98 valence electrons.